The van der Waals surface area contributed by atoms with Gasteiger partial charge < -0.3 is 14.0 Å². The van der Waals surface area contributed by atoms with Crippen LogP contribution in [0.3, 0.4) is 0 Å². The molecule has 1 aromatic heterocycles. The van der Waals surface area contributed by atoms with Gasteiger partial charge in [0, 0.05) is 23.0 Å². The number of nitrogens with zero attached hydrogens (tertiary/aromatic N) is 2. The predicted molar refractivity (Wildman–Crippen MR) is 94.2 cm³/mol. The number of benzene rings is 1. The fraction of sp³-hybridized carbons (Fsp3) is 0.333. The van der Waals surface area contributed by atoms with Gasteiger partial charge >= 0.3 is 17.8 Å². The Bertz CT molecular complexity index is 965. The van der Waals surface area contributed by atoms with Crippen LogP contribution in [0.25, 0.3) is 0 Å². The Balaban J connectivity index is 2.14. The molecule has 8 nitrogen and oxygen atoms in total. The van der Waals surface area contributed by atoms with Gasteiger partial charge in [-0.1, -0.05) is 0 Å². The second-order valence-electron chi connectivity index (χ2n) is 6.13. The van der Waals surface area contributed by atoms with E-state index in [9.17, 15) is 32.9 Å². The second-order valence-corrected chi connectivity index (χ2v) is 6.13. The number of esters is 1. The Kier molecular flexibility index (Phi) is 6.30. The molecule has 0 atom stereocenters. The number of aromatic nitrogens is 1. The molecular weight excluding hydrogens is 397 g/mol. The number of nitro benzene ring substituents is 1. The molecule has 0 saturated heterocycles. The molecule has 0 N–H and O–H groups in total. The number of hydrogen-bond acceptors (Lipinski definition) is 6. The van der Waals surface area contributed by atoms with Gasteiger partial charge in [-0.15, -0.1) is 0 Å². The molecule has 0 bridgehead atoms. The summed E-state index contributed by atoms with van der Waals surface area (Å²) in [6, 6.07) is 4.67. The number of methoxy groups -OCH3 is 1. The van der Waals surface area contributed by atoms with Gasteiger partial charge in [0.1, 0.15) is 6.54 Å². The topological polar surface area (TPSA) is 101 Å². The number of carbonyl (C=O) groups is 2. The number of aryl methyl sites for hydroxylation is 1. The first-order chi connectivity index (χ1) is 13.4. The van der Waals surface area contributed by atoms with Crippen LogP contribution < -0.4 is 4.74 Å². The molecule has 1 heterocycles. The van der Waals surface area contributed by atoms with Crippen LogP contribution in [-0.4, -0.2) is 41.1 Å². The van der Waals surface area contributed by atoms with Gasteiger partial charge in [0.2, 0.25) is 5.78 Å². The zero-order chi connectivity index (χ0) is 21.9. The summed E-state index contributed by atoms with van der Waals surface area (Å²) in [5, 5.41) is 11.0. The number of Topliss-reactive ketones (excluding diaryl/α,β-unsaturated/α-hetero) is 1. The summed E-state index contributed by atoms with van der Waals surface area (Å²) in [6.07, 6.45) is -4.45. The van der Waals surface area contributed by atoms with E-state index in [0.29, 0.717) is 0 Å². The van der Waals surface area contributed by atoms with Gasteiger partial charge in [-0.25, -0.2) is 4.79 Å². The molecule has 0 unspecified atom stereocenters. The first-order valence-electron chi connectivity index (χ1n) is 8.21. The summed E-state index contributed by atoms with van der Waals surface area (Å²) < 4.78 is 48.6. The molecule has 0 aliphatic heterocycles. The monoisotopic (exact) mass is 414 g/mol. The van der Waals surface area contributed by atoms with Crippen molar-refractivity contribution in [1.29, 1.82) is 0 Å². The summed E-state index contributed by atoms with van der Waals surface area (Å²) >= 11 is 0. The van der Waals surface area contributed by atoms with E-state index in [4.69, 9.17) is 9.47 Å². The molecule has 0 fully saturated rings. The normalized spacial score (nSPS) is 11.2. The van der Waals surface area contributed by atoms with Crippen LogP contribution in [0.4, 0.5) is 18.9 Å². The van der Waals surface area contributed by atoms with E-state index in [1.54, 1.807) is 0 Å². The molecule has 0 radical (unpaired) electrons. The Morgan fingerprint density at radius 3 is 2.41 bits per heavy atom. The Hall–Kier alpha value is -3.37. The van der Waals surface area contributed by atoms with E-state index in [0.717, 1.165) is 10.6 Å². The van der Waals surface area contributed by atoms with E-state index in [-0.39, 0.29) is 28.3 Å². The van der Waals surface area contributed by atoms with Crippen LogP contribution in [-0.2, 0) is 11.3 Å². The van der Waals surface area contributed by atoms with Gasteiger partial charge in [0.05, 0.1) is 17.6 Å². The largest absolute Gasteiger partial charge is 0.490 e. The standard InChI is InChI=1S/C18H17F3N2O6/c1-10-6-13(11(2)22(10)9-18(19,20)21)15(24)8-29-17(25)12-4-5-16(28-3)14(7-12)23(26)27/h4-7H,8-9H2,1-3H3. The van der Waals surface area contributed by atoms with Crippen molar-refractivity contribution in [3.8, 4) is 5.75 Å². The molecule has 0 saturated carbocycles. The molecular formula is C18H17F3N2O6. The maximum Gasteiger partial charge on any atom is 0.406 e. The van der Waals surface area contributed by atoms with E-state index in [1.807, 2.05) is 0 Å². The maximum absolute atomic E-state index is 12.7. The van der Waals surface area contributed by atoms with Gasteiger partial charge in [-0.05, 0) is 32.0 Å². The van der Waals surface area contributed by atoms with E-state index in [1.165, 1.54) is 39.2 Å². The molecule has 0 spiro atoms. The smallest absolute Gasteiger partial charge is 0.406 e. The molecule has 0 aliphatic carbocycles. The number of nitro groups is 1. The van der Waals surface area contributed by atoms with Crippen LogP contribution in [0.5, 0.6) is 5.75 Å². The van der Waals surface area contributed by atoms with Crippen molar-refractivity contribution < 1.29 is 37.2 Å². The number of hydrogen-bond donors (Lipinski definition) is 0. The molecule has 156 valence electrons. The molecule has 0 aliphatic rings. The second kappa shape index (κ2) is 8.33. The number of ketones is 1. The molecule has 29 heavy (non-hydrogen) atoms. The predicted octanol–water partition coefficient (Wildman–Crippen LogP) is 3.62. The fourth-order valence-electron chi connectivity index (χ4n) is 2.76. The van der Waals surface area contributed by atoms with Crippen molar-refractivity contribution in [3.05, 3.63) is 56.9 Å². The summed E-state index contributed by atoms with van der Waals surface area (Å²) in [4.78, 5) is 34.7. The average molecular weight is 414 g/mol. The van der Waals surface area contributed by atoms with E-state index >= 15 is 0 Å². The average Bonchev–Trinajstić information content (AvgIpc) is 2.92. The lowest BCUT2D eigenvalue weighted by Gasteiger charge is -2.12. The van der Waals surface area contributed by atoms with Crippen LogP contribution in [0, 0.1) is 24.0 Å². The van der Waals surface area contributed by atoms with Crippen LogP contribution in [0.15, 0.2) is 24.3 Å². The highest BCUT2D eigenvalue weighted by Crippen LogP contribution is 2.28. The Morgan fingerprint density at radius 2 is 1.86 bits per heavy atom. The molecule has 1 aromatic carbocycles. The zero-order valence-electron chi connectivity index (χ0n) is 15.7. The third-order valence-corrected chi connectivity index (χ3v) is 4.16. The van der Waals surface area contributed by atoms with Crippen molar-refractivity contribution in [3.63, 3.8) is 0 Å². The first kappa shape index (κ1) is 21.9. The number of carbonyl (C=O) groups excluding carboxylic acids is 2. The fourth-order valence-corrected chi connectivity index (χ4v) is 2.76. The van der Waals surface area contributed by atoms with Crippen LogP contribution in [0.2, 0.25) is 0 Å². The van der Waals surface area contributed by atoms with Crippen molar-refractivity contribution in [1.82, 2.24) is 4.57 Å². The van der Waals surface area contributed by atoms with Crippen LogP contribution in [0.1, 0.15) is 32.1 Å². The van der Waals surface area contributed by atoms with Gasteiger partial charge in [-0.3, -0.25) is 14.9 Å². The minimum atomic E-state index is -4.45. The van der Waals surface area contributed by atoms with Crippen LogP contribution >= 0.6 is 0 Å². The lowest BCUT2D eigenvalue weighted by molar-refractivity contribution is -0.385. The molecule has 0 amide bonds. The highest BCUT2D eigenvalue weighted by atomic mass is 19.4. The number of rotatable bonds is 7. The number of alkyl halides is 3. The summed E-state index contributed by atoms with van der Waals surface area (Å²) in [5.74, 6) is -1.74. The van der Waals surface area contributed by atoms with E-state index in [2.05, 4.69) is 0 Å². The van der Waals surface area contributed by atoms with Crippen molar-refractivity contribution in [2.24, 2.45) is 0 Å². The zero-order valence-corrected chi connectivity index (χ0v) is 15.7. The Morgan fingerprint density at radius 1 is 1.21 bits per heavy atom. The number of halogens is 3. The SMILES string of the molecule is COc1ccc(C(=O)OCC(=O)c2cc(C)n(CC(F)(F)F)c2C)cc1[N+](=O)[O-]. The molecule has 2 aromatic rings. The third kappa shape index (κ3) is 5.12. The first-order valence-corrected chi connectivity index (χ1v) is 8.21. The quantitative estimate of drug-likeness (QED) is 0.297. The Labute approximate surface area is 163 Å². The molecule has 2 rings (SSSR count). The van der Waals surface area contributed by atoms with E-state index < -0.39 is 41.7 Å². The van der Waals surface area contributed by atoms with Gasteiger partial charge in [-0.2, -0.15) is 13.2 Å². The lowest BCUT2D eigenvalue weighted by Crippen LogP contribution is -2.20. The lowest BCUT2D eigenvalue weighted by atomic mass is 10.1. The summed E-state index contributed by atoms with van der Waals surface area (Å²) in [5.41, 5.74) is -0.293. The highest BCUT2D eigenvalue weighted by molar-refractivity contribution is 6.00. The highest BCUT2D eigenvalue weighted by Gasteiger charge is 2.30. The molecule has 11 heteroatoms. The van der Waals surface area contributed by atoms with Gasteiger partial charge in [0.25, 0.3) is 0 Å². The van der Waals surface area contributed by atoms with Gasteiger partial charge in [0.15, 0.2) is 12.4 Å². The third-order valence-electron chi connectivity index (χ3n) is 4.16. The maximum atomic E-state index is 12.7. The van der Waals surface area contributed by atoms with Crippen molar-refractivity contribution >= 4 is 17.4 Å². The van der Waals surface area contributed by atoms with Crippen molar-refractivity contribution in [2.45, 2.75) is 26.6 Å². The summed E-state index contributed by atoms with van der Waals surface area (Å²) in [7, 11) is 1.23. The number of ether oxygens (including phenoxy) is 2. The summed E-state index contributed by atoms with van der Waals surface area (Å²) in [6.45, 7) is 0.820. The minimum absolute atomic E-state index is 0.000242. The van der Waals surface area contributed by atoms with Crippen molar-refractivity contribution in [2.75, 3.05) is 13.7 Å². The minimum Gasteiger partial charge on any atom is -0.490 e.